The summed E-state index contributed by atoms with van der Waals surface area (Å²) >= 11 is 12.0. The highest BCUT2D eigenvalue weighted by Gasteiger charge is 2.48. The Balaban J connectivity index is 1.58. The summed E-state index contributed by atoms with van der Waals surface area (Å²) in [7, 11) is 0. The number of aliphatic hydroxyl groups excluding tert-OH is 3. The lowest BCUT2D eigenvalue weighted by Gasteiger charge is -2.42. The van der Waals surface area contributed by atoms with Crippen LogP contribution in [0.5, 0.6) is 0 Å². The fraction of sp³-hybridized carbons (Fsp3) is 0.320. The Morgan fingerprint density at radius 3 is 2.36 bits per heavy atom. The summed E-state index contributed by atoms with van der Waals surface area (Å²) in [5.74, 6) is -0.0746. The van der Waals surface area contributed by atoms with Gasteiger partial charge < -0.3 is 20.1 Å². The maximum atomic E-state index is 13.9. The van der Waals surface area contributed by atoms with E-state index in [0.29, 0.717) is 10.6 Å². The van der Waals surface area contributed by atoms with Crippen LogP contribution in [-0.2, 0) is 10.9 Å². The zero-order valence-electron chi connectivity index (χ0n) is 20.2. The van der Waals surface area contributed by atoms with Crippen LogP contribution in [-0.4, -0.2) is 64.8 Å². The van der Waals surface area contributed by atoms with E-state index >= 15 is 0 Å². The summed E-state index contributed by atoms with van der Waals surface area (Å²) in [5.41, 5.74) is -0.0255. The molecule has 0 saturated carbocycles. The molecule has 1 aliphatic rings. The van der Waals surface area contributed by atoms with Crippen molar-refractivity contribution >= 4 is 23.2 Å². The molecule has 1 fully saturated rings. The second-order valence-electron chi connectivity index (χ2n) is 9.05. The van der Waals surface area contributed by atoms with E-state index in [4.69, 9.17) is 27.9 Å². The smallest absolute Gasteiger partial charge is 0.394 e. The van der Waals surface area contributed by atoms with E-state index in [-0.39, 0.29) is 16.7 Å². The first-order chi connectivity index (χ1) is 18.5. The molecule has 0 spiro atoms. The lowest BCUT2D eigenvalue weighted by atomic mass is 9.92. The van der Waals surface area contributed by atoms with Gasteiger partial charge in [-0.25, -0.2) is 9.67 Å². The topological polar surface area (TPSA) is 118 Å². The Bertz CT molecular complexity index is 1480. The predicted molar refractivity (Wildman–Crippen MR) is 135 cm³/mol. The number of benzene rings is 2. The Kier molecular flexibility index (Phi) is 7.44. The average molecular weight is 584 g/mol. The van der Waals surface area contributed by atoms with Crippen LogP contribution in [0.2, 0.25) is 10.0 Å². The Morgan fingerprint density at radius 2 is 1.69 bits per heavy atom. The van der Waals surface area contributed by atoms with Crippen LogP contribution >= 0.6 is 23.2 Å². The molecule has 0 bridgehead atoms. The van der Waals surface area contributed by atoms with E-state index in [1.165, 1.54) is 17.8 Å². The normalized spacial score (nSPS) is 23.8. The number of alkyl halides is 3. The van der Waals surface area contributed by atoms with Crippen LogP contribution in [0.4, 0.5) is 13.2 Å². The first-order valence-corrected chi connectivity index (χ1v) is 12.5. The number of aromatic nitrogens is 5. The molecule has 5 atom stereocenters. The molecule has 5 rings (SSSR count). The summed E-state index contributed by atoms with van der Waals surface area (Å²) in [6.07, 6.45) is -7.24. The maximum Gasteiger partial charge on any atom is 0.418 e. The van der Waals surface area contributed by atoms with Crippen LogP contribution in [0.3, 0.4) is 0 Å². The molecular formula is C25H22Cl2F3N5O4. The van der Waals surface area contributed by atoms with Crippen LogP contribution in [0.25, 0.3) is 16.8 Å². The van der Waals surface area contributed by atoms with Gasteiger partial charge >= 0.3 is 6.18 Å². The first kappa shape index (κ1) is 27.6. The van der Waals surface area contributed by atoms with Gasteiger partial charge in [0.05, 0.1) is 24.1 Å². The van der Waals surface area contributed by atoms with E-state index in [0.717, 1.165) is 28.4 Å². The highest BCUT2D eigenvalue weighted by molar-refractivity contribution is 6.31. The molecule has 3 N–H and O–H groups in total. The second-order valence-corrected chi connectivity index (χ2v) is 9.93. The molecule has 2 unspecified atom stereocenters. The largest absolute Gasteiger partial charge is 0.418 e. The number of rotatable bonds is 5. The van der Waals surface area contributed by atoms with E-state index < -0.39 is 54.5 Å². The second kappa shape index (κ2) is 10.5. The van der Waals surface area contributed by atoms with Crippen molar-refractivity contribution in [1.82, 2.24) is 24.5 Å². The number of aliphatic hydroxyl groups is 3. The lowest BCUT2D eigenvalue weighted by molar-refractivity contribution is -0.210. The van der Waals surface area contributed by atoms with Gasteiger partial charge in [-0.1, -0.05) is 35.3 Å². The standard InChI is InChI=1S/C25H22Cl2F3N5O4/c1-12-32-24(35(33-12)18-8-16(27)6-7-17(18)25(28,29)30)23-22(38)20(21(37)19(11-36)39-23)34-10-14(9-31-34)13-2-4-15(26)5-3-13/h2-10,19-23,36-38H,11H2,1H3/t19?,20-,21-,22?,23+/m0/s1. The quantitative estimate of drug-likeness (QED) is 0.323. The van der Waals surface area contributed by atoms with Gasteiger partial charge in [0.15, 0.2) is 5.82 Å². The third kappa shape index (κ3) is 5.28. The van der Waals surface area contributed by atoms with Crippen molar-refractivity contribution in [1.29, 1.82) is 0 Å². The molecule has 206 valence electrons. The van der Waals surface area contributed by atoms with Gasteiger partial charge in [0, 0.05) is 21.8 Å². The predicted octanol–water partition coefficient (Wildman–Crippen LogP) is 4.16. The Labute approximate surface area is 230 Å². The monoisotopic (exact) mass is 583 g/mol. The minimum atomic E-state index is -4.75. The fourth-order valence-corrected chi connectivity index (χ4v) is 4.93. The molecule has 2 aromatic carbocycles. The highest BCUT2D eigenvalue weighted by Crippen LogP contribution is 2.41. The van der Waals surface area contributed by atoms with E-state index in [2.05, 4.69) is 15.2 Å². The van der Waals surface area contributed by atoms with E-state index in [9.17, 15) is 28.5 Å². The number of aryl methyl sites for hydroxylation is 1. The van der Waals surface area contributed by atoms with Crippen molar-refractivity contribution in [3.8, 4) is 16.8 Å². The number of nitrogens with zero attached hydrogens (tertiary/aromatic N) is 5. The van der Waals surface area contributed by atoms with E-state index in [1.807, 2.05) is 0 Å². The third-order valence-electron chi connectivity index (χ3n) is 6.46. The van der Waals surface area contributed by atoms with Crippen molar-refractivity contribution in [2.45, 2.75) is 43.6 Å². The molecule has 9 nitrogen and oxygen atoms in total. The Morgan fingerprint density at radius 1 is 1.00 bits per heavy atom. The molecule has 4 aromatic rings. The number of hydrogen-bond acceptors (Lipinski definition) is 7. The van der Waals surface area contributed by atoms with Gasteiger partial charge in [0.1, 0.15) is 36.3 Å². The molecule has 14 heteroatoms. The molecular weight excluding hydrogens is 562 g/mol. The lowest BCUT2D eigenvalue weighted by Crippen LogP contribution is -2.53. The number of ether oxygens (including phenoxy) is 1. The van der Waals surface area contributed by atoms with E-state index in [1.54, 1.807) is 30.5 Å². The number of hydrogen-bond donors (Lipinski definition) is 3. The van der Waals surface area contributed by atoms with Crippen molar-refractivity contribution in [2.75, 3.05) is 6.61 Å². The third-order valence-corrected chi connectivity index (χ3v) is 6.95. The van der Waals surface area contributed by atoms with Crippen LogP contribution < -0.4 is 0 Å². The Hall–Kier alpha value is -3.00. The zero-order valence-corrected chi connectivity index (χ0v) is 21.7. The van der Waals surface area contributed by atoms with Crippen molar-refractivity contribution in [2.24, 2.45) is 0 Å². The molecule has 3 heterocycles. The average Bonchev–Trinajstić information content (AvgIpc) is 3.51. The summed E-state index contributed by atoms with van der Waals surface area (Å²) in [5, 5.41) is 41.3. The minimum absolute atomic E-state index is 0.0232. The molecule has 39 heavy (non-hydrogen) atoms. The van der Waals surface area contributed by atoms with Gasteiger partial charge in [-0.05, 0) is 42.8 Å². The van der Waals surface area contributed by atoms with Crippen molar-refractivity contribution in [3.63, 3.8) is 0 Å². The van der Waals surface area contributed by atoms with Gasteiger partial charge in [-0.15, -0.1) is 0 Å². The molecule has 0 radical (unpaired) electrons. The van der Waals surface area contributed by atoms with Gasteiger partial charge in [0.25, 0.3) is 0 Å². The van der Waals surface area contributed by atoms with Crippen LogP contribution in [0.15, 0.2) is 54.9 Å². The first-order valence-electron chi connectivity index (χ1n) is 11.7. The van der Waals surface area contributed by atoms with Gasteiger partial charge in [0.2, 0.25) is 0 Å². The summed E-state index contributed by atoms with van der Waals surface area (Å²) in [6.45, 7) is 0.819. The summed E-state index contributed by atoms with van der Waals surface area (Å²) < 4.78 is 49.6. The highest BCUT2D eigenvalue weighted by atomic mass is 35.5. The SMILES string of the molecule is Cc1nc([C@@H]2OC(CO)[C@H](O)[C@H](n3cc(-c4ccc(Cl)cc4)cn3)C2O)n(-c2cc(Cl)ccc2C(F)(F)F)n1. The van der Waals surface area contributed by atoms with Crippen molar-refractivity contribution in [3.05, 3.63) is 82.1 Å². The molecule has 1 saturated heterocycles. The summed E-state index contributed by atoms with van der Waals surface area (Å²) in [4.78, 5) is 4.25. The number of halogens is 5. The zero-order chi connectivity index (χ0) is 28.1. The molecule has 0 amide bonds. The maximum absolute atomic E-state index is 13.9. The fourth-order valence-electron chi connectivity index (χ4n) is 4.63. The minimum Gasteiger partial charge on any atom is -0.394 e. The van der Waals surface area contributed by atoms with Crippen LogP contribution in [0, 0.1) is 6.92 Å². The summed E-state index contributed by atoms with van der Waals surface area (Å²) in [6, 6.07) is 8.79. The molecule has 2 aromatic heterocycles. The van der Waals surface area contributed by atoms with Gasteiger partial charge in [-0.3, -0.25) is 4.68 Å². The van der Waals surface area contributed by atoms with Crippen LogP contribution in [0.1, 0.15) is 29.4 Å². The molecule has 1 aliphatic heterocycles. The van der Waals surface area contributed by atoms with Crippen molar-refractivity contribution < 1.29 is 33.2 Å². The van der Waals surface area contributed by atoms with Gasteiger partial charge in [-0.2, -0.15) is 23.4 Å². The molecule has 0 aliphatic carbocycles.